The molecule has 1 unspecified atom stereocenters. The van der Waals surface area contributed by atoms with E-state index in [-0.39, 0.29) is 0 Å². The van der Waals surface area contributed by atoms with Crippen LogP contribution in [0.3, 0.4) is 0 Å². The van der Waals surface area contributed by atoms with E-state index >= 15 is 0 Å². The van der Waals surface area contributed by atoms with Crippen LogP contribution in [0.4, 0.5) is 0 Å². The van der Waals surface area contributed by atoms with Crippen molar-refractivity contribution in [3.63, 3.8) is 0 Å². The van der Waals surface area contributed by atoms with Crippen molar-refractivity contribution in [2.24, 2.45) is 0 Å². The zero-order valence-electron chi connectivity index (χ0n) is 11.5. The van der Waals surface area contributed by atoms with Gasteiger partial charge < -0.3 is 9.84 Å². The number of hydrogen-bond acceptors (Lipinski definition) is 3. The first-order chi connectivity index (χ1) is 9.24. The lowest BCUT2D eigenvalue weighted by Crippen LogP contribution is -2.18. The quantitative estimate of drug-likeness (QED) is 0.847. The lowest BCUT2D eigenvalue weighted by Gasteiger charge is -2.25. The van der Waals surface area contributed by atoms with Gasteiger partial charge in [0.25, 0.3) is 0 Å². The summed E-state index contributed by atoms with van der Waals surface area (Å²) in [6, 6.07) is 7.72. The highest BCUT2D eigenvalue weighted by atomic mass is 16.5. The highest BCUT2D eigenvalue weighted by molar-refractivity contribution is 5.76. The van der Waals surface area contributed by atoms with Crippen molar-refractivity contribution in [1.82, 2.24) is 0 Å². The molecule has 0 bridgehead atoms. The van der Waals surface area contributed by atoms with Gasteiger partial charge in [-0.25, -0.2) is 4.79 Å². The first-order valence-electron chi connectivity index (χ1n) is 7.17. The third-order valence-electron chi connectivity index (χ3n) is 3.85. The Morgan fingerprint density at radius 1 is 1.32 bits per heavy atom. The number of rotatable bonds is 4. The first-order valence-corrected chi connectivity index (χ1v) is 7.17. The Morgan fingerprint density at radius 2 is 2.00 bits per heavy atom. The van der Waals surface area contributed by atoms with Crippen LogP contribution >= 0.6 is 0 Å². The Balaban J connectivity index is 2.22. The topological polar surface area (TPSA) is 46.5 Å². The number of benzene rings is 1. The SMILES string of the molecule is CCOC(=O)C(O)c1ccccc1C1CCCCC1. The summed E-state index contributed by atoms with van der Waals surface area (Å²) in [4.78, 5) is 11.7. The summed E-state index contributed by atoms with van der Waals surface area (Å²) >= 11 is 0. The average molecular weight is 262 g/mol. The number of carbonyl (C=O) groups excluding carboxylic acids is 1. The second kappa shape index (κ2) is 6.71. The van der Waals surface area contributed by atoms with Crippen LogP contribution in [-0.2, 0) is 9.53 Å². The summed E-state index contributed by atoms with van der Waals surface area (Å²) in [5.41, 5.74) is 1.83. The minimum atomic E-state index is -1.15. The predicted octanol–water partition coefficient (Wildman–Crippen LogP) is 3.33. The van der Waals surface area contributed by atoms with E-state index < -0.39 is 12.1 Å². The van der Waals surface area contributed by atoms with Crippen molar-refractivity contribution in [1.29, 1.82) is 0 Å². The molecule has 19 heavy (non-hydrogen) atoms. The summed E-state index contributed by atoms with van der Waals surface area (Å²) in [7, 11) is 0. The van der Waals surface area contributed by atoms with Crippen molar-refractivity contribution in [3.05, 3.63) is 35.4 Å². The Kier molecular flexibility index (Phi) is 4.97. The van der Waals surface area contributed by atoms with Crippen LogP contribution in [-0.4, -0.2) is 17.7 Å². The molecule has 0 heterocycles. The van der Waals surface area contributed by atoms with E-state index in [1.54, 1.807) is 6.92 Å². The molecule has 1 aromatic carbocycles. The lowest BCUT2D eigenvalue weighted by atomic mass is 9.81. The maximum Gasteiger partial charge on any atom is 0.339 e. The van der Waals surface area contributed by atoms with Gasteiger partial charge in [0, 0.05) is 0 Å². The molecular weight excluding hydrogens is 240 g/mol. The summed E-state index contributed by atoms with van der Waals surface area (Å²) in [6.07, 6.45) is 4.89. The molecule has 3 nitrogen and oxygen atoms in total. The molecule has 1 saturated carbocycles. The number of carbonyl (C=O) groups is 1. The molecule has 1 aliphatic carbocycles. The maximum absolute atomic E-state index is 11.7. The molecule has 0 aromatic heterocycles. The number of esters is 1. The van der Waals surface area contributed by atoms with Crippen LogP contribution in [0.1, 0.15) is 62.2 Å². The molecule has 1 fully saturated rings. The summed E-state index contributed by atoms with van der Waals surface area (Å²) in [6.45, 7) is 2.04. The molecule has 104 valence electrons. The molecule has 0 aliphatic heterocycles. The van der Waals surface area contributed by atoms with Crippen LogP contribution in [0, 0.1) is 0 Å². The van der Waals surface area contributed by atoms with Gasteiger partial charge in [-0.2, -0.15) is 0 Å². The number of hydrogen-bond donors (Lipinski definition) is 1. The standard InChI is InChI=1S/C16H22O3/c1-2-19-16(18)15(17)14-11-7-6-10-13(14)12-8-4-3-5-9-12/h6-7,10-12,15,17H,2-5,8-9H2,1H3. The third kappa shape index (κ3) is 3.35. The minimum Gasteiger partial charge on any atom is -0.464 e. The molecule has 0 amide bonds. The van der Waals surface area contributed by atoms with E-state index in [4.69, 9.17) is 4.74 Å². The van der Waals surface area contributed by atoms with Crippen molar-refractivity contribution >= 4 is 5.97 Å². The van der Waals surface area contributed by atoms with Gasteiger partial charge in [0.2, 0.25) is 0 Å². The smallest absolute Gasteiger partial charge is 0.339 e. The Labute approximate surface area is 114 Å². The fourth-order valence-corrected chi connectivity index (χ4v) is 2.89. The largest absolute Gasteiger partial charge is 0.464 e. The Morgan fingerprint density at radius 3 is 2.68 bits per heavy atom. The second-order valence-electron chi connectivity index (χ2n) is 5.12. The Bertz CT molecular complexity index is 422. The van der Waals surface area contributed by atoms with Gasteiger partial charge in [0.15, 0.2) is 6.10 Å². The molecule has 1 aromatic rings. The molecular formula is C16H22O3. The van der Waals surface area contributed by atoms with E-state index in [0.717, 1.165) is 18.4 Å². The zero-order valence-corrected chi connectivity index (χ0v) is 11.5. The van der Waals surface area contributed by atoms with E-state index in [1.807, 2.05) is 24.3 Å². The van der Waals surface area contributed by atoms with E-state index in [1.165, 1.54) is 19.3 Å². The first kappa shape index (κ1) is 14.1. The predicted molar refractivity (Wildman–Crippen MR) is 73.9 cm³/mol. The number of aliphatic hydroxyl groups excluding tert-OH is 1. The monoisotopic (exact) mass is 262 g/mol. The molecule has 1 N–H and O–H groups in total. The molecule has 3 heteroatoms. The van der Waals surface area contributed by atoms with E-state index in [0.29, 0.717) is 18.1 Å². The van der Waals surface area contributed by atoms with Gasteiger partial charge in [0.05, 0.1) is 6.61 Å². The summed E-state index contributed by atoms with van der Waals surface area (Å²) < 4.78 is 4.91. The van der Waals surface area contributed by atoms with Crippen LogP contribution < -0.4 is 0 Å². The molecule has 0 spiro atoms. The van der Waals surface area contributed by atoms with Crippen LogP contribution in [0.25, 0.3) is 0 Å². The molecule has 1 aliphatic rings. The minimum absolute atomic E-state index is 0.293. The second-order valence-corrected chi connectivity index (χ2v) is 5.12. The summed E-state index contributed by atoms with van der Waals surface area (Å²) in [5.74, 6) is -0.0835. The molecule has 0 saturated heterocycles. The zero-order chi connectivity index (χ0) is 13.7. The fraction of sp³-hybridized carbons (Fsp3) is 0.562. The molecule has 0 radical (unpaired) electrons. The molecule has 1 atom stereocenters. The van der Waals surface area contributed by atoms with Gasteiger partial charge in [0.1, 0.15) is 0 Å². The van der Waals surface area contributed by atoms with Gasteiger partial charge >= 0.3 is 5.97 Å². The third-order valence-corrected chi connectivity index (χ3v) is 3.85. The van der Waals surface area contributed by atoms with E-state index in [9.17, 15) is 9.90 Å². The number of aliphatic hydroxyl groups is 1. The van der Waals surface area contributed by atoms with Crippen LogP contribution in [0.15, 0.2) is 24.3 Å². The van der Waals surface area contributed by atoms with Gasteiger partial charge in [-0.05, 0) is 36.8 Å². The van der Waals surface area contributed by atoms with Crippen LogP contribution in [0.5, 0.6) is 0 Å². The lowest BCUT2D eigenvalue weighted by molar-refractivity contribution is -0.153. The van der Waals surface area contributed by atoms with Gasteiger partial charge in [-0.3, -0.25) is 0 Å². The van der Waals surface area contributed by atoms with Crippen molar-refractivity contribution in [2.75, 3.05) is 6.61 Å². The van der Waals surface area contributed by atoms with Crippen molar-refractivity contribution in [2.45, 2.75) is 51.0 Å². The van der Waals surface area contributed by atoms with Gasteiger partial charge in [-0.15, -0.1) is 0 Å². The highest BCUT2D eigenvalue weighted by Gasteiger charge is 2.25. The maximum atomic E-state index is 11.7. The Hall–Kier alpha value is -1.35. The number of ether oxygens (including phenoxy) is 1. The van der Waals surface area contributed by atoms with Gasteiger partial charge in [-0.1, -0.05) is 43.5 Å². The summed E-state index contributed by atoms with van der Waals surface area (Å²) in [5, 5.41) is 10.2. The molecule has 2 rings (SSSR count). The normalized spacial score (nSPS) is 18.0. The average Bonchev–Trinajstić information content (AvgIpc) is 2.47. The van der Waals surface area contributed by atoms with Crippen molar-refractivity contribution in [3.8, 4) is 0 Å². The fourth-order valence-electron chi connectivity index (χ4n) is 2.89. The highest BCUT2D eigenvalue weighted by Crippen LogP contribution is 2.36. The van der Waals surface area contributed by atoms with E-state index in [2.05, 4.69) is 0 Å². The van der Waals surface area contributed by atoms with Crippen LogP contribution in [0.2, 0.25) is 0 Å². The van der Waals surface area contributed by atoms with Crippen molar-refractivity contribution < 1.29 is 14.6 Å².